The lowest BCUT2D eigenvalue weighted by Gasteiger charge is -2.10. The van der Waals surface area contributed by atoms with E-state index in [1.807, 2.05) is 0 Å². The molecule has 0 aromatic heterocycles. The molecule has 0 bridgehead atoms. The SMILES string of the molecule is CC1CCC(NC2CC2C)C1. The molecule has 2 saturated carbocycles. The summed E-state index contributed by atoms with van der Waals surface area (Å²) in [6.45, 7) is 4.72. The van der Waals surface area contributed by atoms with E-state index in [-0.39, 0.29) is 0 Å². The molecule has 4 atom stereocenters. The van der Waals surface area contributed by atoms with Crippen molar-refractivity contribution in [3.63, 3.8) is 0 Å². The smallest absolute Gasteiger partial charge is 0.00989 e. The second kappa shape index (κ2) is 2.78. The van der Waals surface area contributed by atoms with Gasteiger partial charge >= 0.3 is 0 Å². The van der Waals surface area contributed by atoms with Gasteiger partial charge in [-0.2, -0.15) is 0 Å². The Morgan fingerprint density at radius 1 is 1.09 bits per heavy atom. The first-order valence-corrected chi connectivity index (χ1v) is 5.01. The van der Waals surface area contributed by atoms with Gasteiger partial charge in [0.15, 0.2) is 0 Å². The second-order valence-electron chi connectivity index (χ2n) is 4.60. The Balaban J connectivity index is 1.71. The molecular formula is C10H19N. The number of hydrogen-bond donors (Lipinski definition) is 1. The van der Waals surface area contributed by atoms with Crippen LogP contribution in [-0.2, 0) is 0 Å². The molecule has 0 spiro atoms. The molecule has 1 N–H and O–H groups in total. The first kappa shape index (κ1) is 7.60. The highest BCUT2D eigenvalue weighted by atomic mass is 15.0. The van der Waals surface area contributed by atoms with E-state index in [9.17, 15) is 0 Å². The van der Waals surface area contributed by atoms with Crippen molar-refractivity contribution < 1.29 is 0 Å². The monoisotopic (exact) mass is 153 g/mol. The fourth-order valence-electron chi connectivity index (χ4n) is 2.22. The van der Waals surface area contributed by atoms with Gasteiger partial charge in [-0.3, -0.25) is 0 Å². The van der Waals surface area contributed by atoms with E-state index < -0.39 is 0 Å². The molecule has 0 saturated heterocycles. The van der Waals surface area contributed by atoms with E-state index in [1.54, 1.807) is 0 Å². The highest BCUT2D eigenvalue weighted by molar-refractivity contribution is 4.93. The maximum atomic E-state index is 3.73. The van der Waals surface area contributed by atoms with Crippen molar-refractivity contribution >= 4 is 0 Å². The zero-order valence-corrected chi connectivity index (χ0v) is 7.64. The summed E-state index contributed by atoms with van der Waals surface area (Å²) in [6.07, 6.45) is 5.71. The van der Waals surface area contributed by atoms with Crippen molar-refractivity contribution in [1.82, 2.24) is 5.32 Å². The molecule has 0 aromatic carbocycles. The van der Waals surface area contributed by atoms with Gasteiger partial charge in [-0.15, -0.1) is 0 Å². The van der Waals surface area contributed by atoms with E-state index in [2.05, 4.69) is 19.2 Å². The van der Waals surface area contributed by atoms with Crippen LogP contribution in [0.3, 0.4) is 0 Å². The average Bonchev–Trinajstić information content (AvgIpc) is 2.42. The molecule has 1 heteroatoms. The average molecular weight is 153 g/mol. The standard InChI is InChI=1S/C10H19N/c1-7-3-4-9(5-7)11-10-6-8(10)2/h7-11H,3-6H2,1-2H3. The van der Waals surface area contributed by atoms with Gasteiger partial charge in [0.1, 0.15) is 0 Å². The van der Waals surface area contributed by atoms with Gasteiger partial charge in [-0.1, -0.05) is 13.8 Å². The van der Waals surface area contributed by atoms with E-state index in [4.69, 9.17) is 0 Å². The zero-order chi connectivity index (χ0) is 7.84. The third-order valence-corrected chi connectivity index (χ3v) is 3.25. The summed E-state index contributed by atoms with van der Waals surface area (Å²) in [5, 5.41) is 3.73. The van der Waals surface area contributed by atoms with Crippen LogP contribution in [0.25, 0.3) is 0 Å². The largest absolute Gasteiger partial charge is 0.311 e. The minimum Gasteiger partial charge on any atom is -0.311 e. The van der Waals surface area contributed by atoms with Crippen LogP contribution >= 0.6 is 0 Å². The van der Waals surface area contributed by atoms with Gasteiger partial charge in [-0.25, -0.2) is 0 Å². The first-order valence-electron chi connectivity index (χ1n) is 5.01. The summed E-state index contributed by atoms with van der Waals surface area (Å²) in [5.74, 6) is 1.94. The maximum Gasteiger partial charge on any atom is 0.00989 e. The summed E-state index contributed by atoms with van der Waals surface area (Å²) in [5.41, 5.74) is 0. The Hall–Kier alpha value is -0.0400. The predicted molar refractivity (Wildman–Crippen MR) is 47.5 cm³/mol. The van der Waals surface area contributed by atoms with Gasteiger partial charge in [0.2, 0.25) is 0 Å². The van der Waals surface area contributed by atoms with Crippen LogP contribution in [0.15, 0.2) is 0 Å². The van der Waals surface area contributed by atoms with Gasteiger partial charge in [0.05, 0.1) is 0 Å². The molecule has 2 aliphatic carbocycles. The predicted octanol–water partition coefficient (Wildman–Crippen LogP) is 2.17. The Kier molecular flexibility index (Phi) is 1.92. The Morgan fingerprint density at radius 2 is 1.82 bits per heavy atom. The lowest BCUT2D eigenvalue weighted by atomic mass is 10.1. The highest BCUT2D eigenvalue weighted by Gasteiger charge is 2.35. The van der Waals surface area contributed by atoms with Crippen LogP contribution in [-0.4, -0.2) is 12.1 Å². The molecule has 64 valence electrons. The van der Waals surface area contributed by atoms with Crippen molar-refractivity contribution in [1.29, 1.82) is 0 Å². The summed E-state index contributed by atoms with van der Waals surface area (Å²) in [4.78, 5) is 0. The van der Waals surface area contributed by atoms with E-state index in [1.165, 1.54) is 25.7 Å². The van der Waals surface area contributed by atoms with Gasteiger partial charge in [0, 0.05) is 12.1 Å². The van der Waals surface area contributed by atoms with Crippen molar-refractivity contribution in [2.45, 2.75) is 51.6 Å². The van der Waals surface area contributed by atoms with Crippen LogP contribution < -0.4 is 5.32 Å². The molecule has 2 fully saturated rings. The number of hydrogen-bond acceptors (Lipinski definition) is 1. The second-order valence-corrected chi connectivity index (χ2v) is 4.60. The van der Waals surface area contributed by atoms with E-state index >= 15 is 0 Å². The Labute approximate surface area is 69.6 Å². The van der Waals surface area contributed by atoms with E-state index in [0.717, 1.165) is 23.9 Å². The quantitative estimate of drug-likeness (QED) is 0.641. The lowest BCUT2D eigenvalue weighted by molar-refractivity contribution is 0.489. The normalized spacial score (nSPS) is 49.6. The van der Waals surface area contributed by atoms with Crippen LogP contribution in [0, 0.1) is 11.8 Å². The summed E-state index contributed by atoms with van der Waals surface area (Å²) in [6, 6.07) is 1.74. The lowest BCUT2D eigenvalue weighted by Crippen LogP contribution is -2.29. The molecule has 0 heterocycles. The molecule has 1 nitrogen and oxygen atoms in total. The number of nitrogens with one attached hydrogen (secondary N) is 1. The molecular weight excluding hydrogens is 134 g/mol. The van der Waals surface area contributed by atoms with Crippen molar-refractivity contribution in [2.24, 2.45) is 11.8 Å². The molecule has 0 amide bonds. The minimum atomic E-state index is 0.861. The Bertz CT molecular complexity index is 144. The third-order valence-electron chi connectivity index (χ3n) is 3.25. The molecule has 0 radical (unpaired) electrons. The maximum absolute atomic E-state index is 3.73. The first-order chi connectivity index (χ1) is 5.25. The van der Waals surface area contributed by atoms with Crippen LogP contribution in [0.1, 0.15) is 39.5 Å². The van der Waals surface area contributed by atoms with E-state index in [0.29, 0.717) is 0 Å². The van der Waals surface area contributed by atoms with Gasteiger partial charge < -0.3 is 5.32 Å². The third kappa shape index (κ3) is 1.76. The topological polar surface area (TPSA) is 12.0 Å². The van der Waals surface area contributed by atoms with Gasteiger partial charge in [0.25, 0.3) is 0 Å². The number of rotatable bonds is 2. The highest BCUT2D eigenvalue weighted by Crippen LogP contribution is 2.33. The van der Waals surface area contributed by atoms with Gasteiger partial charge in [-0.05, 0) is 37.5 Å². The zero-order valence-electron chi connectivity index (χ0n) is 7.64. The van der Waals surface area contributed by atoms with Crippen LogP contribution in [0.2, 0.25) is 0 Å². The molecule has 2 aliphatic rings. The molecule has 11 heavy (non-hydrogen) atoms. The molecule has 2 rings (SSSR count). The molecule has 0 aliphatic heterocycles. The fourth-order valence-corrected chi connectivity index (χ4v) is 2.22. The van der Waals surface area contributed by atoms with Crippen molar-refractivity contribution in [2.75, 3.05) is 0 Å². The molecule has 4 unspecified atom stereocenters. The van der Waals surface area contributed by atoms with Crippen molar-refractivity contribution in [3.8, 4) is 0 Å². The van der Waals surface area contributed by atoms with Crippen molar-refractivity contribution in [3.05, 3.63) is 0 Å². The van der Waals surface area contributed by atoms with Crippen LogP contribution in [0.4, 0.5) is 0 Å². The van der Waals surface area contributed by atoms with Crippen LogP contribution in [0.5, 0.6) is 0 Å². The fraction of sp³-hybridized carbons (Fsp3) is 1.00. The summed E-state index contributed by atoms with van der Waals surface area (Å²) < 4.78 is 0. The summed E-state index contributed by atoms with van der Waals surface area (Å²) in [7, 11) is 0. The molecule has 0 aromatic rings. The Morgan fingerprint density at radius 3 is 2.27 bits per heavy atom. The minimum absolute atomic E-state index is 0.861. The summed E-state index contributed by atoms with van der Waals surface area (Å²) >= 11 is 0.